The summed E-state index contributed by atoms with van der Waals surface area (Å²) < 4.78 is 0. The van der Waals surface area contributed by atoms with E-state index in [-0.39, 0.29) is 30.5 Å². The largest absolute Gasteiger partial charge is 0.364 e. The van der Waals surface area contributed by atoms with Crippen molar-refractivity contribution in [3.63, 3.8) is 0 Å². The summed E-state index contributed by atoms with van der Waals surface area (Å²) >= 11 is 0. The van der Waals surface area contributed by atoms with Crippen LogP contribution in [0.3, 0.4) is 0 Å². The van der Waals surface area contributed by atoms with Gasteiger partial charge in [-0.15, -0.1) is 24.8 Å². The Labute approximate surface area is 82.4 Å². The molecule has 0 aromatic heterocycles. The molecule has 0 spiro atoms. The van der Waals surface area contributed by atoms with Crippen LogP contribution in [0.4, 0.5) is 0 Å². The van der Waals surface area contributed by atoms with Crippen LogP contribution in [0, 0.1) is 0 Å². The third kappa shape index (κ3) is 4.00. The average Bonchev–Trinajstić information content (AvgIpc) is 2.12. The number of nitrogens with two attached hydrogens (primary N) is 1. The number of nitrogens with zero attached hydrogens (tertiary/aromatic N) is 1. The monoisotopic (exact) mass is 209 g/mol. The first kappa shape index (κ1) is 13.6. The maximum atomic E-state index is 10.5. The van der Waals surface area contributed by atoms with Gasteiger partial charge in [0.05, 0.1) is 0 Å². The molecule has 0 aromatic rings. The number of rotatable bonds is 1. The molecule has 68 valence electrons. The molecule has 0 saturated carbocycles. The molecule has 0 bridgehead atoms. The van der Waals surface area contributed by atoms with Crippen molar-refractivity contribution in [1.29, 1.82) is 0 Å². The molecule has 0 fully saturated rings. The molecule has 0 aromatic carbocycles. The van der Waals surface area contributed by atoms with Gasteiger partial charge in [0.15, 0.2) is 0 Å². The molecule has 0 atom stereocenters. The van der Waals surface area contributed by atoms with Gasteiger partial charge in [-0.3, -0.25) is 10.2 Å². The second-order valence-corrected chi connectivity index (χ2v) is 1.71. The highest BCUT2D eigenvalue weighted by Gasteiger charge is 2.01. The number of amides is 1. The lowest BCUT2D eigenvalue weighted by molar-refractivity contribution is -0.111. The summed E-state index contributed by atoms with van der Waals surface area (Å²) in [5.41, 5.74) is 7.70. The molecule has 1 rings (SSSR count). The predicted octanol–water partition coefficient (Wildman–Crippen LogP) is 0.344. The molecule has 3 N–H and O–H groups in total. The fraction of sp³-hybridized carbons (Fsp3) is 0. The van der Waals surface area contributed by atoms with Gasteiger partial charge in [-0.1, -0.05) is 6.08 Å². The Bertz CT molecular complexity index is 235. The molecule has 0 saturated heterocycles. The van der Waals surface area contributed by atoms with Crippen LogP contribution in [-0.4, -0.2) is 11.6 Å². The minimum atomic E-state index is -0.535. The molecular weight excluding hydrogens is 201 g/mol. The summed E-state index contributed by atoms with van der Waals surface area (Å²) in [5.74, 6) is -0.535. The van der Waals surface area contributed by atoms with Gasteiger partial charge in [-0.05, 0) is 12.2 Å². The maximum Gasteiger partial charge on any atom is 0.269 e. The second kappa shape index (κ2) is 6.69. The minimum absolute atomic E-state index is 0. The quantitative estimate of drug-likeness (QED) is 0.655. The first-order chi connectivity index (χ1) is 4.80. The number of carbonyl (C=O) groups excluding carboxylic acids is 1. The zero-order valence-corrected chi connectivity index (χ0v) is 7.69. The van der Waals surface area contributed by atoms with Crippen LogP contribution in [0.15, 0.2) is 29.5 Å². The number of halogens is 2. The Morgan fingerprint density at radius 3 is 2.67 bits per heavy atom. The second-order valence-electron chi connectivity index (χ2n) is 1.71. The SMILES string of the molecule is Cl.Cl.NC(=O)C1=NNC=CC=C1. The summed E-state index contributed by atoms with van der Waals surface area (Å²) in [7, 11) is 0. The normalized spacial score (nSPS) is 12.8. The van der Waals surface area contributed by atoms with Gasteiger partial charge in [0.1, 0.15) is 5.71 Å². The van der Waals surface area contributed by atoms with E-state index < -0.39 is 5.91 Å². The maximum absolute atomic E-state index is 10.5. The van der Waals surface area contributed by atoms with Crippen molar-refractivity contribution >= 4 is 36.4 Å². The van der Waals surface area contributed by atoms with Crippen molar-refractivity contribution in [2.24, 2.45) is 10.8 Å². The molecule has 0 radical (unpaired) electrons. The summed E-state index contributed by atoms with van der Waals surface area (Å²) in [4.78, 5) is 10.5. The van der Waals surface area contributed by atoms with E-state index in [1.54, 1.807) is 24.4 Å². The van der Waals surface area contributed by atoms with Crippen molar-refractivity contribution in [3.8, 4) is 0 Å². The smallest absolute Gasteiger partial charge is 0.269 e. The van der Waals surface area contributed by atoms with Gasteiger partial charge in [0.2, 0.25) is 0 Å². The van der Waals surface area contributed by atoms with E-state index in [1.807, 2.05) is 0 Å². The van der Waals surface area contributed by atoms with Gasteiger partial charge in [-0.2, -0.15) is 5.10 Å². The lowest BCUT2D eigenvalue weighted by atomic mass is 10.3. The van der Waals surface area contributed by atoms with Crippen LogP contribution >= 0.6 is 24.8 Å². The van der Waals surface area contributed by atoms with Crippen molar-refractivity contribution in [2.75, 3.05) is 0 Å². The van der Waals surface area contributed by atoms with Crippen LogP contribution in [0.1, 0.15) is 0 Å². The highest BCUT2D eigenvalue weighted by molar-refractivity contribution is 6.42. The number of allylic oxidation sites excluding steroid dienone is 2. The number of carbonyl (C=O) groups is 1. The Morgan fingerprint density at radius 1 is 1.42 bits per heavy atom. The van der Waals surface area contributed by atoms with Crippen molar-refractivity contribution in [2.45, 2.75) is 0 Å². The van der Waals surface area contributed by atoms with Crippen molar-refractivity contribution < 1.29 is 4.79 Å². The molecule has 0 unspecified atom stereocenters. The molecule has 1 amide bonds. The molecular formula is C6H9Cl2N3O. The third-order valence-corrected chi connectivity index (χ3v) is 0.973. The first-order valence-corrected chi connectivity index (χ1v) is 2.77. The lowest BCUT2D eigenvalue weighted by Gasteiger charge is -1.90. The molecule has 0 aliphatic carbocycles. The van der Waals surface area contributed by atoms with Gasteiger partial charge in [0.25, 0.3) is 5.91 Å². The zero-order valence-electron chi connectivity index (χ0n) is 6.06. The van der Waals surface area contributed by atoms with E-state index in [2.05, 4.69) is 10.5 Å². The van der Waals surface area contributed by atoms with Gasteiger partial charge < -0.3 is 5.73 Å². The summed E-state index contributed by atoms with van der Waals surface area (Å²) in [6.45, 7) is 0. The lowest BCUT2D eigenvalue weighted by Crippen LogP contribution is -2.22. The topological polar surface area (TPSA) is 67.5 Å². The van der Waals surface area contributed by atoms with Crippen LogP contribution < -0.4 is 11.2 Å². The van der Waals surface area contributed by atoms with E-state index in [9.17, 15) is 4.79 Å². The van der Waals surface area contributed by atoms with Crippen LogP contribution in [-0.2, 0) is 4.79 Å². The Balaban J connectivity index is 0. The van der Waals surface area contributed by atoms with Crippen molar-refractivity contribution in [1.82, 2.24) is 5.43 Å². The first-order valence-electron chi connectivity index (χ1n) is 2.77. The number of hydrogen-bond acceptors (Lipinski definition) is 3. The fourth-order valence-corrected chi connectivity index (χ4v) is 0.527. The van der Waals surface area contributed by atoms with Crippen molar-refractivity contribution in [3.05, 3.63) is 24.4 Å². The Morgan fingerprint density at radius 2 is 2.08 bits per heavy atom. The van der Waals surface area contributed by atoms with Crippen LogP contribution in [0.5, 0.6) is 0 Å². The number of nitrogens with one attached hydrogen (secondary N) is 1. The van der Waals surface area contributed by atoms with Crippen LogP contribution in [0.25, 0.3) is 0 Å². The highest BCUT2D eigenvalue weighted by atomic mass is 35.5. The summed E-state index contributed by atoms with van der Waals surface area (Å²) in [6, 6.07) is 0. The fourth-order valence-electron chi connectivity index (χ4n) is 0.527. The molecule has 1 heterocycles. The van der Waals surface area contributed by atoms with E-state index in [4.69, 9.17) is 5.73 Å². The van der Waals surface area contributed by atoms with E-state index in [0.717, 1.165) is 0 Å². The molecule has 12 heavy (non-hydrogen) atoms. The third-order valence-electron chi connectivity index (χ3n) is 0.973. The average molecular weight is 210 g/mol. The zero-order chi connectivity index (χ0) is 7.40. The van der Waals surface area contributed by atoms with E-state index in [0.29, 0.717) is 0 Å². The molecule has 1 aliphatic heterocycles. The molecule has 1 aliphatic rings. The highest BCUT2D eigenvalue weighted by Crippen LogP contribution is 1.86. The summed E-state index contributed by atoms with van der Waals surface area (Å²) in [6.07, 6.45) is 6.55. The Kier molecular flexibility index (Phi) is 7.58. The molecule has 6 heteroatoms. The van der Waals surface area contributed by atoms with Gasteiger partial charge in [0, 0.05) is 6.20 Å². The van der Waals surface area contributed by atoms with Gasteiger partial charge >= 0.3 is 0 Å². The molecule has 4 nitrogen and oxygen atoms in total. The minimum Gasteiger partial charge on any atom is -0.364 e. The summed E-state index contributed by atoms with van der Waals surface area (Å²) in [5, 5.41) is 3.64. The van der Waals surface area contributed by atoms with Crippen LogP contribution in [0.2, 0.25) is 0 Å². The number of hydrazone groups is 1. The predicted molar refractivity (Wildman–Crippen MR) is 52.5 cm³/mol. The number of primary amides is 1. The Hall–Kier alpha value is -1.00. The van der Waals surface area contributed by atoms with E-state index >= 15 is 0 Å². The number of hydrogen-bond donors (Lipinski definition) is 2. The van der Waals surface area contributed by atoms with E-state index in [1.165, 1.54) is 0 Å². The van der Waals surface area contributed by atoms with Gasteiger partial charge in [-0.25, -0.2) is 0 Å². The standard InChI is InChI=1S/C6H7N3O.2ClH/c7-6(10)5-3-1-2-4-8-9-5;;/h1-4,8H,(H2,7,10);2*1H.